The van der Waals surface area contributed by atoms with Gasteiger partial charge in [-0.25, -0.2) is 0 Å². The number of aliphatic hydroxyl groups excluding tert-OH is 1. The summed E-state index contributed by atoms with van der Waals surface area (Å²) >= 11 is 11.7. The number of rotatable bonds is 4. The summed E-state index contributed by atoms with van der Waals surface area (Å²) in [5.74, 6) is 0.575. The number of hydrogen-bond donors (Lipinski definition) is 1. The summed E-state index contributed by atoms with van der Waals surface area (Å²) in [7, 11) is 0. The van der Waals surface area contributed by atoms with Gasteiger partial charge in [-0.15, -0.1) is 0 Å². The van der Waals surface area contributed by atoms with Crippen molar-refractivity contribution >= 4 is 23.2 Å². The minimum absolute atomic E-state index is 0.0538. The summed E-state index contributed by atoms with van der Waals surface area (Å²) in [6.45, 7) is 1.49. The second-order valence-electron chi connectivity index (χ2n) is 4.01. The number of halogens is 2. The highest BCUT2D eigenvalue weighted by molar-refractivity contribution is 6.35. The molecule has 1 N–H and O–H groups in total. The van der Waals surface area contributed by atoms with Crippen molar-refractivity contribution in [3.63, 3.8) is 0 Å². The molecular formula is C11H12Cl2O3. The van der Waals surface area contributed by atoms with Crippen molar-refractivity contribution in [1.29, 1.82) is 0 Å². The maximum Gasteiger partial charge on any atom is 0.138 e. The van der Waals surface area contributed by atoms with E-state index in [1.165, 1.54) is 0 Å². The average Bonchev–Trinajstić information content (AvgIpc) is 2.19. The Morgan fingerprint density at radius 2 is 2.12 bits per heavy atom. The summed E-state index contributed by atoms with van der Waals surface area (Å²) in [6.07, 6.45) is 0. The molecule has 1 heterocycles. The molecule has 1 aliphatic heterocycles. The third-order valence-corrected chi connectivity index (χ3v) is 3.11. The summed E-state index contributed by atoms with van der Waals surface area (Å²) in [5.41, 5.74) is -0.275. The predicted octanol–water partition coefficient (Wildman–Crippen LogP) is 2.38. The molecule has 0 spiro atoms. The molecule has 0 unspecified atom stereocenters. The first-order valence-electron chi connectivity index (χ1n) is 4.92. The molecule has 0 aromatic heterocycles. The Hall–Kier alpha value is -0.480. The van der Waals surface area contributed by atoms with Gasteiger partial charge < -0.3 is 14.6 Å². The van der Waals surface area contributed by atoms with Crippen molar-refractivity contribution in [2.24, 2.45) is 5.41 Å². The highest BCUT2D eigenvalue weighted by Crippen LogP contribution is 2.31. The van der Waals surface area contributed by atoms with Gasteiger partial charge in [0, 0.05) is 5.02 Å². The SMILES string of the molecule is OCC1(COc2ccc(Cl)cc2Cl)COC1. The summed E-state index contributed by atoms with van der Waals surface area (Å²) in [6, 6.07) is 5.06. The van der Waals surface area contributed by atoms with Gasteiger partial charge >= 0.3 is 0 Å². The quantitative estimate of drug-likeness (QED) is 0.906. The van der Waals surface area contributed by atoms with Crippen LogP contribution >= 0.6 is 23.2 Å². The van der Waals surface area contributed by atoms with Crippen molar-refractivity contribution in [2.45, 2.75) is 0 Å². The zero-order chi connectivity index (χ0) is 11.6. The van der Waals surface area contributed by atoms with Crippen LogP contribution in [0.5, 0.6) is 5.75 Å². The van der Waals surface area contributed by atoms with Crippen LogP contribution in [0, 0.1) is 5.41 Å². The Morgan fingerprint density at radius 1 is 1.38 bits per heavy atom. The molecule has 16 heavy (non-hydrogen) atoms. The molecule has 88 valence electrons. The van der Waals surface area contributed by atoms with Crippen LogP contribution in [-0.4, -0.2) is 31.5 Å². The topological polar surface area (TPSA) is 38.7 Å². The molecular weight excluding hydrogens is 251 g/mol. The lowest BCUT2D eigenvalue weighted by Crippen LogP contribution is -2.49. The average molecular weight is 263 g/mol. The van der Waals surface area contributed by atoms with Crippen LogP contribution in [0.25, 0.3) is 0 Å². The fourth-order valence-electron chi connectivity index (χ4n) is 1.43. The summed E-state index contributed by atoms with van der Waals surface area (Å²) in [4.78, 5) is 0. The zero-order valence-corrected chi connectivity index (χ0v) is 10.1. The maximum absolute atomic E-state index is 9.21. The van der Waals surface area contributed by atoms with Gasteiger partial charge in [0.2, 0.25) is 0 Å². The number of hydrogen-bond acceptors (Lipinski definition) is 3. The van der Waals surface area contributed by atoms with Crippen LogP contribution in [0.3, 0.4) is 0 Å². The second-order valence-corrected chi connectivity index (χ2v) is 4.86. The smallest absolute Gasteiger partial charge is 0.138 e. The molecule has 1 aromatic carbocycles. The Morgan fingerprint density at radius 3 is 2.62 bits per heavy atom. The molecule has 1 aliphatic rings. The fourth-order valence-corrected chi connectivity index (χ4v) is 1.90. The van der Waals surface area contributed by atoms with Gasteiger partial charge in [-0.05, 0) is 18.2 Å². The number of aliphatic hydroxyl groups is 1. The van der Waals surface area contributed by atoms with Crippen LogP contribution in [0.1, 0.15) is 0 Å². The molecule has 0 saturated carbocycles. The Bertz CT molecular complexity index is 372. The normalized spacial score (nSPS) is 17.9. The van der Waals surface area contributed by atoms with Crippen molar-refractivity contribution in [1.82, 2.24) is 0 Å². The van der Waals surface area contributed by atoms with Crippen molar-refractivity contribution < 1.29 is 14.6 Å². The van der Waals surface area contributed by atoms with E-state index in [4.69, 9.17) is 32.7 Å². The Balaban J connectivity index is 1.99. The minimum atomic E-state index is -0.275. The molecule has 3 nitrogen and oxygen atoms in total. The van der Waals surface area contributed by atoms with Gasteiger partial charge in [0.1, 0.15) is 12.4 Å². The maximum atomic E-state index is 9.21. The van der Waals surface area contributed by atoms with Gasteiger partial charge in [-0.1, -0.05) is 23.2 Å². The molecule has 1 aromatic rings. The molecule has 0 bridgehead atoms. The standard InChI is InChI=1S/C11H12Cl2O3/c12-8-1-2-10(9(13)3-8)16-7-11(4-14)5-15-6-11/h1-3,14H,4-7H2. The first-order valence-corrected chi connectivity index (χ1v) is 5.67. The monoisotopic (exact) mass is 262 g/mol. The largest absolute Gasteiger partial charge is 0.491 e. The van der Waals surface area contributed by atoms with E-state index in [0.717, 1.165) is 0 Å². The molecule has 5 heteroatoms. The van der Waals surface area contributed by atoms with E-state index in [9.17, 15) is 5.11 Å². The van der Waals surface area contributed by atoms with E-state index in [0.29, 0.717) is 35.6 Å². The number of benzene rings is 1. The van der Waals surface area contributed by atoms with Crippen LogP contribution in [0.4, 0.5) is 0 Å². The van der Waals surface area contributed by atoms with E-state index >= 15 is 0 Å². The lowest BCUT2D eigenvalue weighted by molar-refractivity contribution is -0.153. The van der Waals surface area contributed by atoms with E-state index in [1.807, 2.05) is 0 Å². The van der Waals surface area contributed by atoms with Crippen molar-refractivity contribution in [2.75, 3.05) is 26.4 Å². The Kier molecular flexibility index (Phi) is 3.60. The van der Waals surface area contributed by atoms with Gasteiger partial charge in [-0.2, -0.15) is 0 Å². The van der Waals surface area contributed by atoms with E-state index in [2.05, 4.69) is 0 Å². The molecule has 0 atom stereocenters. The van der Waals surface area contributed by atoms with Gasteiger partial charge in [0.05, 0.1) is 30.3 Å². The molecule has 2 rings (SSSR count). The molecule has 1 saturated heterocycles. The Labute approximate surface area is 104 Å². The van der Waals surface area contributed by atoms with Crippen molar-refractivity contribution in [3.05, 3.63) is 28.2 Å². The van der Waals surface area contributed by atoms with Crippen LogP contribution < -0.4 is 4.74 Å². The van der Waals surface area contributed by atoms with E-state index in [-0.39, 0.29) is 12.0 Å². The second kappa shape index (κ2) is 4.80. The van der Waals surface area contributed by atoms with Gasteiger partial charge in [-0.3, -0.25) is 0 Å². The highest BCUT2D eigenvalue weighted by Gasteiger charge is 2.39. The molecule has 0 radical (unpaired) electrons. The first kappa shape index (κ1) is 12.0. The first-order chi connectivity index (χ1) is 7.65. The molecule has 1 fully saturated rings. The zero-order valence-electron chi connectivity index (χ0n) is 8.58. The lowest BCUT2D eigenvalue weighted by Gasteiger charge is -2.39. The molecule has 0 amide bonds. The van der Waals surface area contributed by atoms with E-state index in [1.54, 1.807) is 18.2 Å². The lowest BCUT2D eigenvalue weighted by atomic mass is 9.88. The van der Waals surface area contributed by atoms with Crippen molar-refractivity contribution in [3.8, 4) is 5.75 Å². The number of ether oxygens (including phenoxy) is 2. The van der Waals surface area contributed by atoms with Crippen LogP contribution in [-0.2, 0) is 4.74 Å². The summed E-state index contributed by atoms with van der Waals surface area (Å²) in [5, 5.41) is 10.3. The van der Waals surface area contributed by atoms with Crippen LogP contribution in [0.2, 0.25) is 10.0 Å². The third kappa shape index (κ3) is 2.43. The van der Waals surface area contributed by atoms with E-state index < -0.39 is 0 Å². The third-order valence-electron chi connectivity index (χ3n) is 2.58. The molecule has 0 aliphatic carbocycles. The predicted molar refractivity (Wildman–Crippen MR) is 62.3 cm³/mol. The van der Waals surface area contributed by atoms with Gasteiger partial charge in [0.25, 0.3) is 0 Å². The fraction of sp³-hybridized carbons (Fsp3) is 0.455. The summed E-state index contributed by atoms with van der Waals surface area (Å²) < 4.78 is 10.6. The minimum Gasteiger partial charge on any atom is -0.491 e. The van der Waals surface area contributed by atoms with Crippen LogP contribution in [0.15, 0.2) is 18.2 Å². The highest BCUT2D eigenvalue weighted by atomic mass is 35.5. The van der Waals surface area contributed by atoms with Gasteiger partial charge in [0.15, 0.2) is 0 Å².